The van der Waals surface area contributed by atoms with Crippen LogP contribution in [0.4, 0.5) is 0 Å². The third-order valence-electron chi connectivity index (χ3n) is 5.18. The molecule has 3 aromatic carbocycles. The number of benzene rings is 3. The Hall–Kier alpha value is -3.57. The molecule has 0 unspecified atom stereocenters. The van der Waals surface area contributed by atoms with Gasteiger partial charge in [0.2, 0.25) is 0 Å². The largest absolute Gasteiger partial charge is 0.315 e. The lowest BCUT2D eigenvalue weighted by Gasteiger charge is -2.38. The number of rotatable bonds is 5. The number of terminal acetylenes is 1. The highest BCUT2D eigenvalue weighted by Crippen LogP contribution is 2.41. The van der Waals surface area contributed by atoms with Crippen molar-refractivity contribution in [2.75, 3.05) is 0 Å². The molecule has 0 saturated heterocycles. The highest BCUT2D eigenvalue weighted by Gasteiger charge is 2.39. The topological polar surface area (TPSA) is 17.8 Å². The summed E-state index contributed by atoms with van der Waals surface area (Å²) < 4.78 is 2.25. The molecule has 0 aliphatic carbocycles. The number of imidazole rings is 1. The fourth-order valence-electron chi connectivity index (χ4n) is 3.98. The predicted molar refractivity (Wildman–Crippen MR) is 114 cm³/mol. The van der Waals surface area contributed by atoms with Crippen molar-refractivity contribution in [1.29, 1.82) is 0 Å². The van der Waals surface area contributed by atoms with Gasteiger partial charge in [-0.15, -0.1) is 6.42 Å². The number of nitrogens with zero attached hydrogens (tertiary/aromatic N) is 2. The summed E-state index contributed by atoms with van der Waals surface area (Å²) in [7, 11) is 0. The van der Waals surface area contributed by atoms with Crippen LogP contribution in [-0.2, 0) is 12.0 Å². The average molecular weight is 362 g/mol. The van der Waals surface area contributed by atoms with E-state index in [4.69, 9.17) is 11.4 Å². The SMILES string of the molecule is C#Cc1cn(C(c2ccccc2)(c2ccccc2)c2ccccc2)c(CC)n1. The molecular formula is C26H22N2. The highest BCUT2D eigenvalue weighted by atomic mass is 15.1. The molecule has 136 valence electrons. The van der Waals surface area contributed by atoms with E-state index in [0.717, 1.165) is 12.2 Å². The van der Waals surface area contributed by atoms with Crippen LogP contribution in [0, 0.1) is 12.3 Å². The van der Waals surface area contributed by atoms with Crippen LogP contribution < -0.4 is 0 Å². The summed E-state index contributed by atoms with van der Waals surface area (Å²) in [5.41, 5.74) is 3.61. The van der Waals surface area contributed by atoms with Crippen molar-refractivity contribution in [3.05, 3.63) is 125 Å². The zero-order chi connectivity index (χ0) is 19.4. The van der Waals surface area contributed by atoms with Crippen molar-refractivity contribution in [1.82, 2.24) is 9.55 Å². The van der Waals surface area contributed by atoms with Gasteiger partial charge in [0.1, 0.15) is 17.1 Å². The lowest BCUT2D eigenvalue weighted by atomic mass is 9.76. The zero-order valence-corrected chi connectivity index (χ0v) is 15.9. The zero-order valence-electron chi connectivity index (χ0n) is 15.9. The molecule has 0 atom stereocenters. The minimum atomic E-state index is -0.558. The smallest absolute Gasteiger partial charge is 0.131 e. The van der Waals surface area contributed by atoms with E-state index in [0.29, 0.717) is 5.69 Å². The molecule has 0 fully saturated rings. The second-order valence-corrected chi connectivity index (χ2v) is 6.72. The molecule has 1 aromatic heterocycles. The van der Waals surface area contributed by atoms with Gasteiger partial charge in [-0.25, -0.2) is 4.98 Å². The lowest BCUT2D eigenvalue weighted by Crippen LogP contribution is -2.38. The van der Waals surface area contributed by atoms with Crippen molar-refractivity contribution in [2.24, 2.45) is 0 Å². The van der Waals surface area contributed by atoms with Crippen LogP contribution in [0.1, 0.15) is 35.1 Å². The first-order valence-corrected chi connectivity index (χ1v) is 9.52. The Morgan fingerprint density at radius 3 is 1.57 bits per heavy atom. The summed E-state index contributed by atoms with van der Waals surface area (Å²) >= 11 is 0. The molecule has 0 spiro atoms. The maximum absolute atomic E-state index is 5.72. The first-order valence-electron chi connectivity index (χ1n) is 9.52. The van der Waals surface area contributed by atoms with Crippen molar-refractivity contribution in [3.63, 3.8) is 0 Å². The second-order valence-electron chi connectivity index (χ2n) is 6.72. The predicted octanol–water partition coefficient (Wildman–Crippen LogP) is 5.27. The van der Waals surface area contributed by atoms with Crippen LogP contribution in [0.5, 0.6) is 0 Å². The number of hydrogen-bond donors (Lipinski definition) is 0. The molecule has 4 rings (SSSR count). The van der Waals surface area contributed by atoms with Crippen LogP contribution in [0.2, 0.25) is 0 Å². The Bertz CT molecular complexity index is 991. The van der Waals surface area contributed by atoms with E-state index in [1.807, 2.05) is 24.4 Å². The molecule has 0 saturated carbocycles. The first-order chi connectivity index (χ1) is 13.8. The Labute approximate surface area is 166 Å². The summed E-state index contributed by atoms with van der Waals surface area (Å²) in [5.74, 6) is 3.68. The second kappa shape index (κ2) is 7.58. The van der Waals surface area contributed by atoms with Gasteiger partial charge >= 0.3 is 0 Å². The van der Waals surface area contributed by atoms with Gasteiger partial charge in [0.15, 0.2) is 0 Å². The Morgan fingerprint density at radius 2 is 1.21 bits per heavy atom. The van der Waals surface area contributed by atoms with Gasteiger partial charge in [-0.1, -0.05) is 97.9 Å². The summed E-state index contributed by atoms with van der Waals surface area (Å²) in [6.45, 7) is 2.12. The molecule has 0 N–H and O–H groups in total. The monoisotopic (exact) mass is 362 g/mol. The van der Waals surface area contributed by atoms with Crippen LogP contribution in [0.15, 0.2) is 97.2 Å². The third-order valence-corrected chi connectivity index (χ3v) is 5.18. The molecule has 2 nitrogen and oxygen atoms in total. The summed E-state index contributed by atoms with van der Waals surface area (Å²) in [6.07, 6.45) is 8.51. The molecular weight excluding hydrogens is 340 g/mol. The molecule has 0 aliphatic heterocycles. The Balaban J connectivity index is 2.17. The summed E-state index contributed by atoms with van der Waals surface area (Å²) in [4.78, 5) is 4.72. The van der Waals surface area contributed by atoms with Gasteiger partial charge < -0.3 is 4.57 Å². The minimum absolute atomic E-state index is 0.558. The normalized spacial score (nSPS) is 11.1. The van der Waals surface area contributed by atoms with Gasteiger partial charge in [0.05, 0.1) is 0 Å². The van der Waals surface area contributed by atoms with Gasteiger partial charge in [-0.2, -0.15) is 0 Å². The molecule has 1 heterocycles. The van der Waals surface area contributed by atoms with Crippen molar-refractivity contribution < 1.29 is 0 Å². The van der Waals surface area contributed by atoms with E-state index in [1.54, 1.807) is 0 Å². The molecule has 4 aromatic rings. The average Bonchev–Trinajstić information content (AvgIpc) is 3.20. The van der Waals surface area contributed by atoms with E-state index in [9.17, 15) is 0 Å². The Morgan fingerprint density at radius 1 is 0.786 bits per heavy atom. The van der Waals surface area contributed by atoms with E-state index < -0.39 is 5.54 Å². The Kier molecular flexibility index (Phi) is 4.83. The van der Waals surface area contributed by atoms with Crippen molar-refractivity contribution >= 4 is 0 Å². The maximum atomic E-state index is 5.72. The van der Waals surface area contributed by atoms with Gasteiger partial charge in [0.25, 0.3) is 0 Å². The molecule has 0 bridgehead atoms. The van der Waals surface area contributed by atoms with Crippen molar-refractivity contribution in [3.8, 4) is 12.3 Å². The fourth-order valence-corrected chi connectivity index (χ4v) is 3.98. The van der Waals surface area contributed by atoms with Gasteiger partial charge in [-0.05, 0) is 22.6 Å². The fraction of sp³-hybridized carbons (Fsp3) is 0.115. The summed E-state index contributed by atoms with van der Waals surface area (Å²) in [5, 5.41) is 0. The number of aromatic nitrogens is 2. The van der Waals surface area contributed by atoms with Crippen LogP contribution in [-0.4, -0.2) is 9.55 Å². The van der Waals surface area contributed by atoms with Gasteiger partial charge in [0, 0.05) is 12.6 Å². The molecule has 0 amide bonds. The van der Waals surface area contributed by atoms with E-state index in [2.05, 4.69) is 90.2 Å². The number of hydrogen-bond acceptors (Lipinski definition) is 1. The quantitative estimate of drug-likeness (QED) is 0.349. The molecule has 0 radical (unpaired) electrons. The molecule has 2 heteroatoms. The van der Waals surface area contributed by atoms with E-state index in [-0.39, 0.29) is 0 Å². The summed E-state index contributed by atoms with van der Waals surface area (Å²) in [6, 6.07) is 31.7. The molecule has 28 heavy (non-hydrogen) atoms. The maximum Gasteiger partial charge on any atom is 0.131 e. The lowest BCUT2D eigenvalue weighted by molar-refractivity contribution is 0.494. The van der Waals surface area contributed by atoms with E-state index in [1.165, 1.54) is 16.7 Å². The molecule has 0 aliphatic rings. The van der Waals surface area contributed by atoms with Crippen LogP contribution >= 0.6 is 0 Å². The third kappa shape index (κ3) is 2.82. The standard InChI is InChI=1S/C26H22N2/c1-3-24-20-28(25(4-2)27-24)26(21-14-8-5-9-15-21,22-16-10-6-11-17-22)23-18-12-7-13-19-23/h1,5-20H,4H2,2H3. The highest BCUT2D eigenvalue weighted by molar-refractivity contribution is 5.51. The minimum Gasteiger partial charge on any atom is -0.315 e. The van der Waals surface area contributed by atoms with Gasteiger partial charge in [-0.3, -0.25) is 0 Å². The van der Waals surface area contributed by atoms with Crippen LogP contribution in [0.3, 0.4) is 0 Å². The van der Waals surface area contributed by atoms with Crippen molar-refractivity contribution in [2.45, 2.75) is 18.9 Å². The first kappa shape index (κ1) is 17.8. The van der Waals surface area contributed by atoms with E-state index >= 15 is 0 Å². The number of aryl methyl sites for hydroxylation is 1. The van der Waals surface area contributed by atoms with Crippen LogP contribution in [0.25, 0.3) is 0 Å².